The van der Waals surface area contributed by atoms with Crippen molar-refractivity contribution >= 4 is 35.4 Å². The van der Waals surface area contributed by atoms with E-state index in [1.54, 1.807) is 6.26 Å². The number of halogens is 1. The Morgan fingerprint density at radius 3 is 2.94 bits per heavy atom. The first-order chi connectivity index (χ1) is 15.0. The van der Waals surface area contributed by atoms with Crippen molar-refractivity contribution in [1.29, 1.82) is 0 Å². The quantitative estimate of drug-likeness (QED) is 0.635. The summed E-state index contributed by atoms with van der Waals surface area (Å²) in [6.45, 7) is 4.80. The molecule has 2 aliphatic carbocycles. The molecule has 0 bridgehead atoms. The molecule has 0 saturated carbocycles. The van der Waals surface area contributed by atoms with Crippen LogP contribution in [0.5, 0.6) is 0 Å². The van der Waals surface area contributed by atoms with Crippen molar-refractivity contribution in [3.63, 3.8) is 0 Å². The van der Waals surface area contributed by atoms with E-state index in [0.29, 0.717) is 12.3 Å². The number of likely N-dealkylation sites (tertiary alicyclic amines) is 1. The lowest BCUT2D eigenvalue weighted by Gasteiger charge is -2.48. The molecular weight excluding hydrogens is 410 g/mol. The molecule has 6 rings (SSSR count). The van der Waals surface area contributed by atoms with Crippen LogP contribution < -0.4 is 10.6 Å². The van der Waals surface area contributed by atoms with Crippen LogP contribution in [0, 0.1) is 11.8 Å². The Labute approximate surface area is 187 Å². The van der Waals surface area contributed by atoms with Gasteiger partial charge in [-0.2, -0.15) is 0 Å². The Kier molecular flexibility index (Phi) is 4.46. The second-order valence-corrected chi connectivity index (χ2v) is 10.2. The maximum absolute atomic E-state index is 13.3. The number of carbonyl (C=O) groups is 1. The van der Waals surface area contributed by atoms with Crippen molar-refractivity contribution in [1.82, 2.24) is 9.80 Å². The molecule has 0 aromatic carbocycles. The third-order valence-electron chi connectivity index (χ3n) is 7.50. The van der Waals surface area contributed by atoms with E-state index in [2.05, 4.69) is 35.0 Å². The number of rotatable bonds is 1. The molecule has 31 heavy (non-hydrogen) atoms. The zero-order chi connectivity index (χ0) is 21.2. The van der Waals surface area contributed by atoms with Crippen LogP contribution in [-0.2, 0) is 4.79 Å². The smallest absolute Gasteiger partial charge is 0.229 e. The summed E-state index contributed by atoms with van der Waals surface area (Å²) in [5.41, 5.74) is 4.49. The predicted octanol–water partition coefficient (Wildman–Crippen LogP) is 2.80. The summed E-state index contributed by atoms with van der Waals surface area (Å²) in [6.07, 6.45) is 14.8. The molecule has 1 fully saturated rings. The van der Waals surface area contributed by atoms with Crippen LogP contribution >= 0.6 is 11.6 Å². The predicted molar refractivity (Wildman–Crippen MR) is 122 cm³/mol. The second-order valence-electron chi connectivity index (χ2n) is 9.61. The van der Waals surface area contributed by atoms with Gasteiger partial charge >= 0.3 is 0 Å². The maximum atomic E-state index is 13.3. The SMILES string of the molecule is CC1C=C2N(C1)C1=CC(Cl)CCC1=NC21CCN(C(=O)C2C=c3ccoc3=CC2)CC1. The van der Waals surface area contributed by atoms with Gasteiger partial charge in [0, 0.05) is 30.5 Å². The van der Waals surface area contributed by atoms with Crippen LogP contribution in [0.3, 0.4) is 0 Å². The van der Waals surface area contributed by atoms with Gasteiger partial charge < -0.3 is 14.2 Å². The lowest BCUT2D eigenvalue weighted by Crippen LogP contribution is -2.53. The largest absolute Gasteiger partial charge is 0.465 e. The molecule has 0 N–H and O–H groups in total. The first-order valence-electron chi connectivity index (χ1n) is 11.5. The Balaban J connectivity index is 1.25. The van der Waals surface area contributed by atoms with Crippen molar-refractivity contribution in [2.75, 3.05) is 19.6 Å². The summed E-state index contributed by atoms with van der Waals surface area (Å²) < 4.78 is 5.45. The van der Waals surface area contributed by atoms with Gasteiger partial charge in [0.25, 0.3) is 0 Å². The maximum Gasteiger partial charge on any atom is 0.229 e. The molecule has 5 nitrogen and oxygen atoms in total. The summed E-state index contributed by atoms with van der Waals surface area (Å²) in [6, 6.07) is 1.94. The normalized spacial score (nSPS) is 30.9. The first-order valence-corrected chi connectivity index (χ1v) is 12.0. The Morgan fingerprint density at radius 1 is 1.26 bits per heavy atom. The number of allylic oxidation sites excluding steroid dienone is 2. The van der Waals surface area contributed by atoms with Gasteiger partial charge in [0.15, 0.2) is 0 Å². The Morgan fingerprint density at radius 2 is 2.10 bits per heavy atom. The van der Waals surface area contributed by atoms with E-state index in [9.17, 15) is 4.79 Å². The number of hydrogen-bond acceptors (Lipinski definition) is 4. The minimum atomic E-state index is -0.187. The van der Waals surface area contributed by atoms with E-state index in [1.165, 1.54) is 17.1 Å². The van der Waals surface area contributed by atoms with E-state index >= 15 is 0 Å². The monoisotopic (exact) mass is 437 g/mol. The van der Waals surface area contributed by atoms with Crippen molar-refractivity contribution in [2.45, 2.75) is 49.9 Å². The molecule has 162 valence electrons. The van der Waals surface area contributed by atoms with Crippen LogP contribution in [-0.4, -0.2) is 52.0 Å². The summed E-state index contributed by atoms with van der Waals surface area (Å²) in [5, 5.41) is 1.13. The molecule has 5 aliphatic rings. The number of amides is 1. The molecule has 3 atom stereocenters. The highest BCUT2D eigenvalue weighted by Crippen LogP contribution is 2.46. The average Bonchev–Trinajstić information content (AvgIpc) is 3.41. The lowest BCUT2D eigenvalue weighted by atomic mass is 9.80. The van der Waals surface area contributed by atoms with E-state index in [4.69, 9.17) is 21.0 Å². The van der Waals surface area contributed by atoms with Crippen LogP contribution in [0.15, 0.2) is 45.3 Å². The van der Waals surface area contributed by atoms with Gasteiger partial charge in [0.2, 0.25) is 5.91 Å². The zero-order valence-corrected chi connectivity index (χ0v) is 18.6. The minimum absolute atomic E-state index is 0.0902. The molecule has 1 saturated heterocycles. The number of fused-ring (bicyclic) bond motifs is 5. The number of furan rings is 1. The molecule has 1 aromatic rings. The summed E-state index contributed by atoms with van der Waals surface area (Å²) >= 11 is 6.46. The summed E-state index contributed by atoms with van der Waals surface area (Å²) in [7, 11) is 0. The number of aliphatic imine (C=N–C) groups is 1. The zero-order valence-electron chi connectivity index (χ0n) is 17.9. The van der Waals surface area contributed by atoms with Crippen LogP contribution in [0.25, 0.3) is 12.2 Å². The van der Waals surface area contributed by atoms with Crippen LogP contribution in [0.1, 0.15) is 39.0 Å². The Hall–Kier alpha value is -2.27. The summed E-state index contributed by atoms with van der Waals surface area (Å²) in [4.78, 5) is 23.1. The third-order valence-corrected chi connectivity index (χ3v) is 7.84. The number of carbonyl (C=O) groups excluding carboxylic acids is 1. The number of nitrogens with zero attached hydrogens (tertiary/aromatic N) is 3. The van der Waals surface area contributed by atoms with E-state index in [-0.39, 0.29) is 22.7 Å². The van der Waals surface area contributed by atoms with Crippen LogP contribution in [0.4, 0.5) is 0 Å². The third kappa shape index (κ3) is 3.12. The van der Waals surface area contributed by atoms with Gasteiger partial charge in [0.1, 0.15) is 11.0 Å². The highest BCUT2D eigenvalue weighted by molar-refractivity contribution is 6.23. The van der Waals surface area contributed by atoms with E-state index < -0.39 is 0 Å². The van der Waals surface area contributed by atoms with Gasteiger partial charge in [-0.25, -0.2) is 0 Å². The van der Waals surface area contributed by atoms with Crippen molar-refractivity contribution < 1.29 is 9.21 Å². The van der Waals surface area contributed by atoms with Gasteiger partial charge in [-0.15, -0.1) is 11.6 Å². The topological polar surface area (TPSA) is 49.0 Å². The van der Waals surface area contributed by atoms with Gasteiger partial charge in [0.05, 0.1) is 29.0 Å². The number of alkyl halides is 1. The minimum Gasteiger partial charge on any atom is -0.465 e. The highest BCUT2D eigenvalue weighted by atomic mass is 35.5. The van der Waals surface area contributed by atoms with Gasteiger partial charge in [-0.1, -0.05) is 19.1 Å². The fraction of sp³-hybridized carbons (Fsp3) is 0.520. The number of piperidine rings is 1. The first kappa shape index (κ1) is 19.4. The lowest BCUT2D eigenvalue weighted by molar-refractivity contribution is -0.134. The van der Waals surface area contributed by atoms with Crippen molar-refractivity contribution in [3.05, 3.63) is 46.5 Å². The Bertz CT molecular complexity index is 1140. The van der Waals surface area contributed by atoms with Crippen molar-refractivity contribution in [3.8, 4) is 0 Å². The molecule has 1 spiro atoms. The molecule has 1 amide bonds. The molecule has 6 heteroatoms. The average molecular weight is 438 g/mol. The highest BCUT2D eigenvalue weighted by Gasteiger charge is 2.48. The van der Waals surface area contributed by atoms with Gasteiger partial charge in [-0.05, 0) is 56.2 Å². The molecular formula is C25H28ClN3O2. The molecule has 0 radical (unpaired) electrons. The van der Waals surface area contributed by atoms with Crippen LogP contribution in [0.2, 0.25) is 0 Å². The summed E-state index contributed by atoms with van der Waals surface area (Å²) in [5.74, 6) is 0.650. The van der Waals surface area contributed by atoms with E-state index in [1.807, 2.05) is 12.1 Å². The molecule has 3 aliphatic heterocycles. The van der Waals surface area contributed by atoms with Crippen molar-refractivity contribution in [2.24, 2.45) is 16.8 Å². The molecule has 3 unspecified atom stereocenters. The fourth-order valence-electron chi connectivity index (χ4n) is 5.89. The second kappa shape index (κ2) is 7.13. The van der Waals surface area contributed by atoms with E-state index in [0.717, 1.165) is 56.0 Å². The molecule has 1 aromatic heterocycles. The molecule has 4 heterocycles. The van der Waals surface area contributed by atoms with Gasteiger partial charge in [-0.3, -0.25) is 9.79 Å². The number of hydrogen-bond donors (Lipinski definition) is 0. The standard InChI is InChI=1S/C25H28ClN3O2/c1-16-12-23-25(27-20-4-3-19(26)14-21(20)29(23)15-16)7-9-28(10-8-25)24(30)18-2-5-22-17(13-18)6-11-31-22/h5-6,11-14,16,18-19H,2-4,7-10,15H2,1H3. The fourth-order valence-corrected chi connectivity index (χ4v) is 6.11.